The van der Waals surface area contributed by atoms with Crippen molar-refractivity contribution in [1.82, 2.24) is 33.6 Å². The molecule has 0 amide bonds. The molecule has 17 heteroatoms. The highest BCUT2D eigenvalue weighted by Gasteiger charge is 2.43. The quantitative estimate of drug-likeness (QED) is 0.108. The summed E-state index contributed by atoms with van der Waals surface area (Å²) in [6, 6.07) is 87.5. The van der Waals surface area contributed by atoms with Gasteiger partial charge < -0.3 is 23.1 Å². The number of rotatable bonds is 12. The first-order valence-electron chi connectivity index (χ1n) is 47.9. The van der Waals surface area contributed by atoms with Crippen molar-refractivity contribution in [2.24, 2.45) is 21.1 Å². The van der Waals surface area contributed by atoms with E-state index in [-0.39, 0.29) is 12.3 Å². The Labute approximate surface area is 809 Å². The van der Waals surface area contributed by atoms with Crippen molar-refractivity contribution in [3.63, 3.8) is 0 Å². The lowest BCUT2D eigenvalue weighted by Gasteiger charge is -2.31. The van der Waals surface area contributed by atoms with Crippen LogP contribution in [0, 0.1) is 90.0 Å². The zero-order valence-corrected chi connectivity index (χ0v) is 83.2. The second-order valence-electron chi connectivity index (χ2n) is 37.9. The van der Waals surface area contributed by atoms with Crippen LogP contribution < -0.4 is 33.3 Å². The largest absolute Gasteiger partial charge is 0.455 e. The molecule has 0 saturated heterocycles. The molecule has 0 aliphatic carbocycles. The van der Waals surface area contributed by atoms with Gasteiger partial charge in [-0.15, -0.1) is 0 Å². The van der Waals surface area contributed by atoms with Crippen LogP contribution in [0.3, 0.4) is 0 Å². The Morgan fingerprint density at radius 1 is 0.275 bits per heavy atom. The van der Waals surface area contributed by atoms with Gasteiger partial charge >= 0.3 is 0 Å². The maximum absolute atomic E-state index is 6.42. The molecule has 17 nitrogen and oxygen atoms in total. The third-order valence-electron chi connectivity index (χ3n) is 27.5. The molecule has 0 fully saturated rings. The summed E-state index contributed by atoms with van der Waals surface area (Å²) in [5, 5.41) is 6.80. The zero-order valence-electron chi connectivity index (χ0n) is 83.2. The maximum atomic E-state index is 6.42. The van der Waals surface area contributed by atoms with Gasteiger partial charge in [0.05, 0.1) is 49.3 Å². The van der Waals surface area contributed by atoms with Crippen molar-refractivity contribution in [1.29, 1.82) is 0 Å². The fourth-order valence-corrected chi connectivity index (χ4v) is 21.0. The number of hydrogen-bond donors (Lipinski definition) is 0. The van der Waals surface area contributed by atoms with Crippen molar-refractivity contribution in [2.45, 2.75) is 156 Å². The van der Waals surface area contributed by atoms with Gasteiger partial charge in [-0.3, -0.25) is 9.80 Å². The second-order valence-corrected chi connectivity index (χ2v) is 37.9. The number of aromatic nitrogens is 10. The first-order chi connectivity index (χ1) is 66.6. The van der Waals surface area contributed by atoms with E-state index >= 15 is 0 Å². The molecular formula is C121H121N14O3+3. The predicted octanol–water partition coefficient (Wildman–Crippen LogP) is 29.1. The molecule has 0 saturated carbocycles. The molecule has 0 spiro atoms. The molecule has 2 aliphatic heterocycles. The number of hydrogen-bond acceptors (Lipinski definition) is 11. The average molecular weight is 1820 g/mol. The Hall–Kier alpha value is -15.8. The van der Waals surface area contributed by atoms with Crippen LogP contribution in [0.5, 0.6) is 0 Å². The molecular weight excluding hydrogens is 1700 g/mol. The lowest BCUT2D eigenvalue weighted by molar-refractivity contribution is -0.659. The Kier molecular flexibility index (Phi) is 24.8. The Bertz CT molecular complexity index is 8120. The van der Waals surface area contributed by atoms with Crippen LogP contribution in [0.4, 0.5) is 46.0 Å². The molecule has 2 aliphatic rings. The van der Waals surface area contributed by atoms with E-state index in [1.807, 2.05) is 36.4 Å². The van der Waals surface area contributed by atoms with Gasteiger partial charge in [0.25, 0.3) is 17.5 Å². The Balaban J connectivity index is 0.000000111. The van der Waals surface area contributed by atoms with Gasteiger partial charge in [0, 0.05) is 73.9 Å². The summed E-state index contributed by atoms with van der Waals surface area (Å²) >= 11 is 0. The number of nitrogens with zero attached hydrogens (tertiary/aromatic N) is 14. The monoisotopic (exact) mass is 1820 g/mol. The predicted molar refractivity (Wildman–Crippen MR) is 566 cm³/mol. The minimum absolute atomic E-state index is 0.0221. The van der Waals surface area contributed by atoms with Crippen LogP contribution >= 0.6 is 0 Å². The lowest BCUT2D eigenvalue weighted by atomic mass is 9.92. The fraction of sp³-hybridized carbons (Fsp3) is 0.215. The molecule has 0 N–H and O–H groups in total. The van der Waals surface area contributed by atoms with Crippen LogP contribution in [0.25, 0.3) is 117 Å². The summed E-state index contributed by atoms with van der Waals surface area (Å²) in [7, 11) is 6.33. The van der Waals surface area contributed by atoms with Crippen LogP contribution in [0.2, 0.25) is 0 Å². The first kappa shape index (κ1) is 91.4. The number of fused-ring (bicyclic) bond motifs is 11. The number of aryl methyl sites for hydroxylation is 16. The number of imidazole rings is 3. The van der Waals surface area contributed by atoms with E-state index in [0.29, 0.717) is 11.8 Å². The van der Waals surface area contributed by atoms with Crippen molar-refractivity contribution < 1.29 is 27.0 Å². The summed E-state index contributed by atoms with van der Waals surface area (Å²) < 4.78 is 32.8. The lowest BCUT2D eigenvalue weighted by Crippen LogP contribution is -2.36. The maximum Gasteiger partial charge on any atom is 0.297 e. The normalized spacial score (nSPS) is 13.4. The third kappa shape index (κ3) is 16.4. The molecule has 10 heterocycles. The first-order valence-corrected chi connectivity index (χ1v) is 47.9. The molecule has 13 aromatic carbocycles. The highest BCUT2D eigenvalue weighted by atomic mass is 16.3. The van der Waals surface area contributed by atoms with Gasteiger partial charge in [-0.1, -0.05) is 234 Å². The minimum Gasteiger partial charge on any atom is -0.455 e. The summed E-state index contributed by atoms with van der Waals surface area (Å²) in [4.78, 5) is 28.2. The van der Waals surface area contributed by atoms with Crippen LogP contribution in [0.15, 0.2) is 324 Å². The topological polar surface area (TPSA) is 130 Å². The van der Waals surface area contributed by atoms with Gasteiger partial charge in [-0.05, 0) is 230 Å². The highest BCUT2D eigenvalue weighted by Crippen LogP contribution is 2.53. The molecule has 23 rings (SSSR count). The standard InChI is InChI=1S/2C27H24N4O.C25H23N2O.C23H29N2.C19H21N2/c1-16-8-7-9-17(2)23(16)30-19(4)31(27-26(30)28-14-15-29-27)24-18(3)12-13-21-20-10-5-6-11-22(20)32-25(21)24;1-16-13-17(2)15-20(14-16)30-19(4)31(27-26(30)28-11-12-29-27)24-18(3)9-10-22-21-7-5-6-8-23(21)32-25(22)24;1-16-12-13-20-19-10-5-6-11-21(19)28-24(20)22(16)25-26(4)14-15-27(25)23-17(2)8-7-9-18(23)3;1-16(2)19-12-9-13-20(17(3)4)22(19)25-15-14-24(6)23(25)21-11-8-7-10-18(21)5;1-14-8-5-6-11-17(14)19-20(4)12-13-21(19)18-15(2)9-7-10-16(18)3/h2*5-15,19H,1-4H3;5-15H,1-4H3;7-17H,1-6H3;5-13H,1-4H3/q;;3*+1/t2*19-;;;/m11.../s1. The summed E-state index contributed by atoms with van der Waals surface area (Å²) in [6.07, 6.45) is 19.9. The average Bonchev–Trinajstić information content (AvgIpc) is 1.57. The molecule has 8 aromatic heterocycles. The SMILES string of the molecule is Cc1cc(C)cc(N2c3nccnc3N(c3c(C)ccc4c3oc3ccccc34)[C@@H]2C)c1.Cc1cccc(C)c1-n1cc[n+](C)c1-c1c(C)ccc2c1oc1ccccc12.Cc1cccc(C)c1N1c2nccnc2N(c2c(C)ccc3c2oc2ccccc23)[C@@H]1C.Cc1ccccc1-c1n(-c2c(C(C)C)cccc2C(C)C)cc[n+]1C.Cc1ccccc1-c1n(-c2c(C)cccc2C)cc[n+]1C. The summed E-state index contributed by atoms with van der Waals surface area (Å²) in [5.74, 6) is 7.94. The number of furan rings is 3. The highest BCUT2D eigenvalue weighted by molar-refractivity contribution is 6.13. The van der Waals surface area contributed by atoms with E-state index in [1.54, 1.807) is 24.8 Å². The van der Waals surface area contributed by atoms with Gasteiger partial charge in [0.1, 0.15) is 88.9 Å². The van der Waals surface area contributed by atoms with Crippen LogP contribution in [0.1, 0.15) is 137 Å². The van der Waals surface area contributed by atoms with Crippen LogP contribution in [-0.2, 0) is 21.1 Å². The zero-order chi connectivity index (χ0) is 96.5. The summed E-state index contributed by atoms with van der Waals surface area (Å²) in [6.45, 7) is 41.5. The smallest absolute Gasteiger partial charge is 0.297 e. The van der Waals surface area contributed by atoms with E-state index in [4.69, 9.17) is 33.2 Å². The minimum atomic E-state index is -0.0234. The van der Waals surface area contributed by atoms with E-state index in [1.165, 1.54) is 118 Å². The van der Waals surface area contributed by atoms with E-state index in [9.17, 15) is 0 Å². The molecule has 2 atom stereocenters. The Morgan fingerprint density at radius 2 is 0.580 bits per heavy atom. The van der Waals surface area contributed by atoms with Crippen molar-refractivity contribution in [3.05, 3.63) is 394 Å². The molecule has 0 radical (unpaired) electrons. The fourth-order valence-electron chi connectivity index (χ4n) is 21.0. The Morgan fingerprint density at radius 3 is 0.986 bits per heavy atom. The van der Waals surface area contributed by atoms with Gasteiger partial charge in [0.2, 0.25) is 0 Å². The van der Waals surface area contributed by atoms with Crippen molar-refractivity contribution >= 4 is 112 Å². The molecule has 0 bridgehead atoms. The van der Waals surface area contributed by atoms with Crippen LogP contribution in [-0.4, -0.2) is 46.0 Å². The number of benzene rings is 13. The second kappa shape index (κ2) is 37.5. The third-order valence-corrected chi connectivity index (χ3v) is 27.5. The molecule has 21 aromatic rings. The van der Waals surface area contributed by atoms with Crippen molar-refractivity contribution in [3.8, 4) is 51.2 Å². The van der Waals surface area contributed by atoms with Gasteiger partial charge in [-0.25, -0.2) is 33.6 Å². The van der Waals surface area contributed by atoms with E-state index < -0.39 is 0 Å². The molecule has 690 valence electrons. The van der Waals surface area contributed by atoms with Gasteiger partial charge in [-0.2, -0.15) is 13.7 Å². The van der Waals surface area contributed by atoms with E-state index in [2.05, 4.69) is 449 Å². The summed E-state index contributed by atoms with van der Waals surface area (Å²) in [5.41, 5.74) is 36.2. The van der Waals surface area contributed by atoms with Crippen molar-refractivity contribution in [2.75, 3.05) is 19.6 Å². The molecule has 138 heavy (non-hydrogen) atoms. The van der Waals surface area contributed by atoms with Gasteiger partial charge in [0.15, 0.2) is 40.0 Å². The van der Waals surface area contributed by atoms with E-state index in [0.717, 1.165) is 129 Å². The number of anilines is 8. The number of para-hydroxylation sites is 7. The molecule has 0 unspecified atom stereocenters.